The van der Waals surface area contributed by atoms with Crippen LogP contribution in [0.5, 0.6) is 0 Å². The molecule has 5 rings (SSSR count). The maximum Gasteiger partial charge on any atom is 0.0793 e. The molecule has 2 aliphatic heterocycles. The summed E-state index contributed by atoms with van der Waals surface area (Å²) in [6.07, 6.45) is 3.40. The molecule has 0 spiro atoms. The molecule has 1 fully saturated rings. The molecule has 0 aliphatic carbocycles. The van der Waals surface area contributed by atoms with E-state index in [0.717, 1.165) is 62.7 Å². The Morgan fingerprint density at radius 3 is 2.61 bits per heavy atom. The van der Waals surface area contributed by atoms with Crippen LogP contribution >= 0.6 is 27.7 Å². The van der Waals surface area contributed by atoms with E-state index in [2.05, 4.69) is 45.3 Å². The zero-order valence-corrected chi connectivity index (χ0v) is 19.3. The minimum absolute atomic E-state index is 0.198. The SMILES string of the molecule is [O-]/C(=N\N1CCCCC1)c1ccc2c(c1)N=C(c1cccc(Br)c1)c1ccccc1S2. The van der Waals surface area contributed by atoms with Gasteiger partial charge in [0.15, 0.2) is 0 Å². The van der Waals surface area contributed by atoms with Crippen molar-refractivity contribution in [2.75, 3.05) is 13.1 Å². The first kappa shape index (κ1) is 20.3. The van der Waals surface area contributed by atoms with E-state index in [0.29, 0.717) is 5.56 Å². The van der Waals surface area contributed by atoms with Crippen LogP contribution in [0.25, 0.3) is 0 Å². The molecule has 0 radical (unpaired) electrons. The highest BCUT2D eigenvalue weighted by Gasteiger charge is 2.19. The Labute approximate surface area is 194 Å². The average molecular weight is 491 g/mol. The van der Waals surface area contributed by atoms with Gasteiger partial charge >= 0.3 is 0 Å². The fourth-order valence-corrected chi connectivity index (χ4v) is 5.30. The predicted octanol–water partition coefficient (Wildman–Crippen LogP) is 5.59. The van der Waals surface area contributed by atoms with Crippen molar-refractivity contribution in [3.8, 4) is 0 Å². The van der Waals surface area contributed by atoms with Gasteiger partial charge in [-0.05, 0) is 55.2 Å². The third-order valence-corrected chi connectivity index (χ3v) is 7.10. The van der Waals surface area contributed by atoms with E-state index in [-0.39, 0.29) is 5.90 Å². The van der Waals surface area contributed by atoms with Gasteiger partial charge in [-0.3, -0.25) is 5.01 Å². The van der Waals surface area contributed by atoms with Gasteiger partial charge in [0.2, 0.25) is 0 Å². The number of benzene rings is 3. The van der Waals surface area contributed by atoms with Crippen LogP contribution in [0.2, 0.25) is 0 Å². The van der Waals surface area contributed by atoms with Crippen LogP contribution in [0.15, 0.2) is 91.1 Å². The smallest absolute Gasteiger partial charge is 0.0793 e. The number of fused-ring (bicyclic) bond motifs is 2. The molecular formula is C25H21BrN3OS-. The third kappa shape index (κ3) is 4.41. The van der Waals surface area contributed by atoms with Crippen molar-refractivity contribution in [2.45, 2.75) is 29.1 Å². The summed E-state index contributed by atoms with van der Waals surface area (Å²) in [4.78, 5) is 7.23. The topological polar surface area (TPSA) is 51.0 Å². The number of rotatable bonds is 3. The van der Waals surface area contributed by atoms with E-state index in [4.69, 9.17) is 4.99 Å². The maximum atomic E-state index is 12.8. The van der Waals surface area contributed by atoms with E-state index in [1.807, 2.05) is 47.5 Å². The van der Waals surface area contributed by atoms with Crippen molar-refractivity contribution >= 4 is 45.0 Å². The Balaban J connectivity index is 1.59. The lowest BCUT2D eigenvalue weighted by Crippen LogP contribution is -2.30. The first-order valence-electron chi connectivity index (χ1n) is 10.4. The molecule has 2 aliphatic rings. The lowest BCUT2D eigenvalue weighted by molar-refractivity contribution is -0.215. The Bertz CT molecular complexity index is 1180. The molecule has 0 bridgehead atoms. The Morgan fingerprint density at radius 1 is 0.935 bits per heavy atom. The van der Waals surface area contributed by atoms with Gasteiger partial charge in [-0.25, -0.2) is 4.99 Å². The lowest BCUT2D eigenvalue weighted by Gasteiger charge is -2.26. The highest BCUT2D eigenvalue weighted by atomic mass is 79.9. The quantitative estimate of drug-likeness (QED) is 0.277. The predicted molar refractivity (Wildman–Crippen MR) is 128 cm³/mol. The molecule has 0 atom stereocenters. The molecule has 1 saturated heterocycles. The van der Waals surface area contributed by atoms with Crippen LogP contribution in [-0.2, 0) is 0 Å². The maximum absolute atomic E-state index is 12.8. The number of aliphatic imine (C=N–C) groups is 1. The lowest BCUT2D eigenvalue weighted by atomic mass is 10.0. The third-order valence-electron chi connectivity index (χ3n) is 5.46. The van der Waals surface area contributed by atoms with Gasteiger partial charge in [-0.1, -0.05) is 64.1 Å². The van der Waals surface area contributed by atoms with Crippen LogP contribution in [0.4, 0.5) is 5.69 Å². The number of hydrogen-bond donors (Lipinski definition) is 0. The minimum Gasteiger partial charge on any atom is -0.857 e. The Hall–Kier alpha value is -2.57. The van der Waals surface area contributed by atoms with Crippen molar-refractivity contribution in [1.82, 2.24) is 5.01 Å². The molecule has 0 N–H and O–H groups in total. The molecule has 0 unspecified atom stereocenters. The van der Waals surface area contributed by atoms with Crippen molar-refractivity contribution in [3.63, 3.8) is 0 Å². The monoisotopic (exact) mass is 490 g/mol. The summed E-state index contributed by atoms with van der Waals surface area (Å²) in [5.74, 6) is -0.198. The number of nitrogens with zero attached hydrogens (tertiary/aromatic N) is 3. The molecule has 0 aromatic heterocycles. The Morgan fingerprint density at radius 2 is 1.77 bits per heavy atom. The zero-order chi connectivity index (χ0) is 21.2. The van der Waals surface area contributed by atoms with Crippen molar-refractivity contribution in [2.24, 2.45) is 10.1 Å². The standard InChI is InChI=1S/C25H22BrN3OS/c26-19-8-6-7-17(15-19)24-20-9-2-3-10-22(20)31-23-12-11-18(16-21(23)27-24)25(30)28-29-13-4-1-5-14-29/h2-3,6-12,15-16H,1,4-5,13-14H2,(H,28,30)/p-1. The molecule has 4 nitrogen and oxygen atoms in total. The molecule has 6 heteroatoms. The Kier molecular flexibility index (Phi) is 5.83. The molecular weight excluding hydrogens is 470 g/mol. The van der Waals surface area contributed by atoms with E-state index >= 15 is 0 Å². The van der Waals surface area contributed by atoms with Crippen molar-refractivity contribution < 1.29 is 5.11 Å². The first-order valence-corrected chi connectivity index (χ1v) is 12.1. The average Bonchev–Trinajstić information content (AvgIpc) is 2.96. The summed E-state index contributed by atoms with van der Waals surface area (Å²) in [7, 11) is 0. The largest absolute Gasteiger partial charge is 0.857 e. The molecule has 0 saturated carbocycles. The van der Waals surface area contributed by atoms with Gasteiger partial charge in [0.25, 0.3) is 0 Å². The van der Waals surface area contributed by atoms with Crippen LogP contribution in [-0.4, -0.2) is 29.7 Å². The first-order chi connectivity index (χ1) is 15.2. The fourth-order valence-electron chi connectivity index (χ4n) is 3.89. The number of halogens is 1. The van der Waals surface area contributed by atoms with E-state index < -0.39 is 0 Å². The number of hydrazone groups is 1. The summed E-state index contributed by atoms with van der Waals surface area (Å²) < 4.78 is 1.01. The van der Waals surface area contributed by atoms with Gasteiger partial charge in [0.1, 0.15) is 0 Å². The van der Waals surface area contributed by atoms with Crippen molar-refractivity contribution in [1.29, 1.82) is 0 Å². The number of piperidine rings is 1. The van der Waals surface area contributed by atoms with Crippen LogP contribution < -0.4 is 5.11 Å². The van der Waals surface area contributed by atoms with Crippen LogP contribution in [0.1, 0.15) is 36.0 Å². The summed E-state index contributed by atoms with van der Waals surface area (Å²) in [5, 5.41) is 19.1. The normalized spacial score (nSPS) is 16.2. The minimum atomic E-state index is -0.198. The van der Waals surface area contributed by atoms with Crippen LogP contribution in [0.3, 0.4) is 0 Å². The molecule has 156 valence electrons. The molecule has 3 aromatic carbocycles. The highest BCUT2D eigenvalue weighted by molar-refractivity contribution is 9.10. The number of hydrogen-bond acceptors (Lipinski definition) is 5. The van der Waals surface area contributed by atoms with Gasteiger partial charge < -0.3 is 5.11 Å². The van der Waals surface area contributed by atoms with E-state index in [1.54, 1.807) is 11.8 Å². The van der Waals surface area contributed by atoms with Gasteiger partial charge in [0.05, 0.1) is 11.4 Å². The van der Waals surface area contributed by atoms with Crippen molar-refractivity contribution in [3.05, 3.63) is 87.9 Å². The highest BCUT2D eigenvalue weighted by Crippen LogP contribution is 2.41. The molecule has 0 amide bonds. The molecule has 2 heterocycles. The van der Waals surface area contributed by atoms with Gasteiger partial charge in [0, 0.05) is 44.4 Å². The fraction of sp³-hybridized carbons (Fsp3) is 0.200. The van der Waals surface area contributed by atoms with Crippen LogP contribution in [0, 0.1) is 0 Å². The zero-order valence-electron chi connectivity index (χ0n) is 16.9. The molecule has 3 aromatic rings. The summed E-state index contributed by atoms with van der Waals surface area (Å²) in [6.45, 7) is 1.71. The van der Waals surface area contributed by atoms with Gasteiger partial charge in [-0.2, -0.15) is 5.10 Å². The van der Waals surface area contributed by atoms with E-state index in [9.17, 15) is 5.11 Å². The second-order valence-corrected chi connectivity index (χ2v) is 9.67. The van der Waals surface area contributed by atoms with E-state index in [1.165, 1.54) is 6.42 Å². The summed E-state index contributed by atoms with van der Waals surface area (Å²) in [6, 6.07) is 22.2. The summed E-state index contributed by atoms with van der Waals surface area (Å²) >= 11 is 5.26. The molecule has 31 heavy (non-hydrogen) atoms. The van der Waals surface area contributed by atoms with Gasteiger partial charge in [-0.15, -0.1) is 0 Å². The summed E-state index contributed by atoms with van der Waals surface area (Å²) in [5.41, 5.74) is 4.41. The second-order valence-electron chi connectivity index (χ2n) is 7.67. The second kappa shape index (κ2) is 8.89.